The van der Waals surface area contributed by atoms with E-state index in [0.717, 1.165) is 35.4 Å². The van der Waals surface area contributed by atoms with E-state index in [1.54, 1.807) is 0 Å². The molecule has 0 bridgehead atoms. The van der Waals surface area contributed by atoms with Crippen molar-refractivity contribution in [1.82, 2.24) is 24.8 Å². The first-order valence-corrected chi connectivity index (χ1v) is 12.0. The summed E-state index contributed by atoms with van der Waals surface area (Å²) in [6.07, 6.45) is -4.32. The summed E-state index contributed by atoms with van der Waals surface area (Å²) in [5.41, 5.74) is 4.27. The third kappa shape index (κ3) is 6.43. The molecule has 0 unspecified atom stereocenters. The monoisotopic (exact) mass is 585 g/mol. The maximum absolute atomic E-state index is 13.5. The highest BCUT2D eigenvalue weighted by molar-refractivity contribution is 5.99. The number of likely N-dealkylation sites (N-methyl/N-ethyl adjacent to an activating group) is 1. The van der Waals surface area contributed by atoms with E-state index in [9.17, 15) is 42.6 Å². The second-order valence-corrected chi connectivity index (χ2v) is 9.06. The Balaban J connectivity index is 1.60. The molecular formula is C26H22F3N7O6. The lowest BCUT2D eigenvalue weighted by atomic mass is 10.0. The highest BCUT2D eigenvalue weighted by atomic mass is 19.4. The summed E-state index contributed by atoms with van der Waals surface area (Å²) in [5, 5.41) is 19.1. The van der Waals surface area contributed by atoms with Crippen LogP contribution in [-0.2, 0) is 22.6 Å². The van der Waals surface area contributed by atoms with Crippen molar-refractivity contribution in [3.05, 3.63) is 81.9 Å². The van der Waals surface area contributed by atoms with Gasteiger partial charge in [0.15, 0.2) is 11.2 Å². The van der Waals surface area contributed by atoms with Crippen molar-refractivity contribution in [2.45, 2.75) is 25.2 Å². The summed E-state index contributed by atoms with van der Waals surface area (Å²) in [6, 6.07) is 8.92. The van der Waals surface area contributed by atoms with Gasteiger partial charge in [-0.1, -0.05) is 12.1 Å². The Morgan fingerprint density at radius 3 is 2.29 bits per heavy atom. The molecule has 5 N–H and O–H groups in total. The van der Waals surface area contributed by atoms with Crippen LogP contribution in [0, 0.1) is 0 Å². The van der Waals surface area contributed by atoms with Crippen LogP contribution in [0.25, 0.3) is 11.2 Å². The summed E-state index contributed by atoms with van der Waals surface area (Å²) in [6.45, 7) is -0.744. The zero-order chi connectivity index (χ0) is 30.8. The molecule has 2 amide bonds. The molecule has 2 aromatic heterocycles. The van der Waals surface area contributed by atoms with Crippen LogP contribution < -0.4 is 16.2 Å². The number of nitrogen functional groups attached to an aromatic ring is 1. The number of benzene rings is 2. The third-order valence-corrected chi connectivity index (χ3v) is 6.16. The third-order valence-electron chi connectivity index (χ3n) is 6.16. The number of nitrogens with one attached hydrogen (secondary N) is 1. The van der Waals surface area contributed by atoms with Gasteiger partial charge in [-0.3, -0.25) is 24.3 Å². The number of nitrogens with zero attached hydrogens (tertiary/aromatic N) is 5. The number of fused-ring (bicyclic) bond motifs is 1. The molecule has 0 aliphatic heterocycles. The van der Waals surface area contributed by atoms with E-state index in [2.05, 4.69) is 19.9 Å². The van der Waals surface area contributed by atoms with Crippen LogP contribution in [0.5, 0.6) is 5.75 Å². The van der Waals surface area contributed by atoms with Crippen molar-refractivity contribution >= 4 is 40.6 Å². The highest BCUT2D eigenvalue weighted by Crippen LogP contribution is 2.26. The number of carboxylic acids is 1. The number of aromatic hydroxyl groups is 1. The molecule has 0 aliphatic carbocycles. The number of amides is 2. The molecule has 0 aliphatic rings. The van der Waals surface area contributed by atoms with E-state index >= 15 is 0 Å². The van der Waals surface area contributed by atoms with Crippen LogP contribution in [0.2, 0.25) is 0 Å². The molecule has 218 valence electrons. The van der Waals surface area contributed by atoms with Gasteiger partial charge in [-0.2, -0.15) is 18.2 Å². The number of phenolic OH excluding ortho intramolecular Hbond substituents is 1. The second-order valence-electron chi connectivity index (χ2n) is 9.06. The Labute approximate surface area is 234 Å². The number of halogens is 3. The lowest BCUT2D eigenvalue weighted by Crippen LogP contribution is -2.44. The smallest absolute Gasteiger partial charge is 0.471 e. The van der Waals surface area contributed by atoms with Crippen LogP contribution in [0.3, 0.4) is 0 Å². The summed E-state index contributed by atoms with van der Waals surface area (Å²) >= 11 is 0. The molecule has 4 aromatic rings. The van der Waals surface area contributed by atoms with Gasteiger partial charge < -0.3 is 20.8 Å². The molecule has 0 saturated heterocycles. The van der Waals surface area contributed by atoms with Crippen molar-refractivity contribution in [2.75, 3.05) is 17.7 Å². The van der Waals surface area contributed by atoms with Gasteiger partial charge in [0.05, 0.1) is 18.4 Å². The number of phenols is 1. The highest BCUT2D eigenvalue weighted by Gasteiger charge is 2.43. The lowest BCUT2D eigenvalue weighted by molar-refractivity contribution is -0.170. The molecule has 0 radical (unpaired) electrons. The van der Waals surface area contributed by atoms with Crippen LogP contribution >= 0.6 is 0 Å². The first-order valence-electron chi connectivity index (χ1n) is 12.0. The average molecular weight is 585 g/mol. The number of H-pyrrole nitrogens is 1. The van der Waals surface area contributed by atoms with E-state index in [0.29, 0.717) is 10.5 Å². The summed E-state index contributed by atoms with van der Waals surface area (Å²) in [4.78, 5) is 64.6. The summed E-state index contributed by atoms with van der Waals surface area (Å²) < 4.78 is 40.5. The van der Waals surface area contributed by atoms with Gasteiger partial charge in [0.2, 0.25) is 5.95 Å². The van der Waals surface area contributed by atoms with Gasteiger partial charge >= 0.3 is 18.1 Å². The SMILES string of the molecule is CN(C(=O)c1ccc(N(Cc2cnc3nc(N)[nH]c(=O)c3n2)C(=O)C(F)(F)F)cc1)[C@@H](Cc1ccc(O)cc1)C(=O)O. The Morgan fingerprint density at radius 2 is 1.69 bits per heavy atom. The van der Waals surface area contributed by atoms with Gasteiger partial charge in [-0.15, -0.1) is 0 Å². The van der Waals surface area contributed by atoms with Gasteiger partial charge in [0.25, 0.3) is 11.5 Å². The normalized spacial score (nSPS) is 12.1. The fourth-order valence-electron chi connectivity index (χ4n) is 4.02. The fourth-order valence-corrected chi connectivity index (χ4v) is 4.02. The number of anilines is 2. The number of aliphatic carboxylic acids is 1. The van der Waals surface area contributed by atoms with Gasteiger partial charge in [-0.05, 0) is 42.0 Å². The maximum atomic E-state index is 13.5. The molecule has 42 heavy (non-hydrogen) atoms. The molecule has 0 saturated carbocycles. The average Bonchev–Trinajstić information content (AvgIpc) is 2.94. The number of aromatic amines is 1. The topological polar surface area (TPSA) is 196 Å². The molecule has 16 heteroatoms. The number of aromatic nitrogens is 4. The molecule has 2 heterocycles. The van der Waals surface area contributed by atoms with Gasteiger partial charge in [0, 0.05) is 24.7 Å². The van der Waals surface area contributed by atoms with Gasteiger partial charge in [0.1, 0.15) is 11.8 Å². The number of carbonyl (C=O) groups excluding carboxylic acids is 2. The largest absolute Gasteiger partial charge is 0.508 e. The van der Waals surface area contributed by atoms with E-state index in [-0.39, 0.29) is 46.2 Å². The van der Waals surface area contributed by atoms with Crippen LogP contribution in [0.4, 0.5) is 24.8 Å². The molecular weight excluding hydrogens is 563 g/mol. The molecule has 13 nitrogen and oxygen atoms in total. The van der Waals surface area contributed by atoms with Crippen molar-refractivity contribution < 1.29 is 37.8 Å². The van der Waals surface area contributed by atoms with Crippen molar-refractivity contribution in [1.29, 1.82) is 0 Å². The molecule has 1 atom stereocenters. The number of carboxylic acid groups (broad SMARTS) is 1. The van der Waals surface area contributed by atoms with Crippen molar-refractivity contribution in [3.63, 3.8) is 0 Å². The Kier molecular flexibility index (Phi) is 8.08. The minimum atomic E-state index is -5.28. The van der Waals surface area contributed by atoms with Crippen molar-refractivity contribution in [3.8, 4) is 5.75 Å². The molecule has 0 spiro atoms. The molecule has 2 aromatic carbocycles. The minimum Gasteiger partial charge on any atom is -0.508 e. The molecule has 0 fully saturated rings. The number of hydrogen-bond acceptors (Lipinski definition) is 9. The second kappa shape index (κ2) is 11.5. The number of alkyl halides is 3. The van der Waals surface area contributed by atoms with E-state index in [1.165, 1.54) is 31.3 Å². The number of hydrogen-bond donors (Lipinski definition) is 4. The van der Waals surface area contributed by atoms with Gasteiger partial charge in [-0.25, -0.2) is 14.8 Å². The molecule has 4 rings (SSSR count). The van der Waals surface area contributed by atoms with Crippen LogP contribution in [0.1, 0.15) is 21.6 Å². The zero-order valence-electron chi connectivity index (χ0n) is 21.7. The quantitative estimate of drug-likeness (QED) is 0.237. The van der Waals surface area contributed by atoms with Crippen LogP contribution in [0.15, 0.2) is 59.5 Å². The zero-order valence-corrected chi connectivity index (χ0v) is 21.7. The summed E-state index contributed by atoms with van der Waals surface area (Å²) in [5.74, 6) is -4.54. The maximum Gasteiger partial charge on any atom is 0.471 e. The lowest BCUT2D eigenvalue weighted by Gasteiger charge is -2.26. The van der Waals surface area contributed by atoms with E-state index in [1.807, 2.05) is 0 Å². The Bertz CT molecular complexity index is 1710. The van der Waals surface area contributed by atoms with Crippen molar-refractivity contribution in [2.24, 2.45) is 0 Å². The number of carbonyl (C=O) groups is 3. The minimum absolute atomic E-state index is 0.0169. The Hall–Kier alpha value is -5.54. The van der Waals surface area contributed by atoms with Crippen LogP contribution in [-0.4, -0.2) is 72.1 Å². The Morgan fingerprint density at radius 1 is 1.05 bits per heavy atom. The fraction of sp³-hybridized carbons (Fsp3) is 0.192. The standard InChI is InChI=1S/C26H22F3N7O6/c1-35(18(23(40)41)10-13-2-8-17(37)9-3-13)22(39)14-4-6-16(7-5-14)36(24(42)26(27,28)29)12-15-11-31-20-19(32-15)21(38)34-25(30)33-20/h2-9,11,18,37H,10,12H2,1H3,(H,40,41)(H3,30,31,33,34,38)/t18-/m0/s1. The number of rotatable bonds is 8. The van der Waals surface area contributed by atoms with E-state index in [4.69, 9.17) is 5.73 Å². The first-order chi connectivity index (χ1) is 19.7. The van der Waals surface area contributed by atoms with E-state index < -0.39 is 42.1 Å². The predicted molar refractivity (Wildman–Crippen MR) is 141 cm³/mol. The number of nitrogens with two attached hydrogens (primary N) is 1. The first kappa shape index (κ1) is 29.4. The summed E-state index contributed by atoms with van der Waals surface area (Å²) in [7, 11) is 1.26. The predicted octanol–water partition coefficient (Wildman–Crippen LogP) is 1.86.